The normalized spacial score (nSPS) is 31.7. The van der Waals surface area contributed by atoms with Crippen LogP contribution in [0.15, 0.2) is 24.3 Å². The van der Waals surface area contributed by atoms with Gasteiger partial charge in [-0.1, -0.05) is 24.3 Å². The SMILES string of the molecule is NCC1c2ccccc2CCN1C1CCOC2(CCC2)C1. The van der Waals surface area contributed by atoms with Gasteiger partial charge in [-0.15, -0.1) is 0 Å². The van der Waals surface area contributed by atoms with Gasteiger partial charge < -0.3 is 10.5 Å². The van der Waals surface area contributed by atoms with Gasteiger partial charge in [0, 0.05) is 31.8 Å². The first-order chi connectivity index (χ1) is 10.3. The van der Waals surface area contributed by atoms with Crippen molar-refractivity contribution < 1.29 is 4.74 Å². The largest absolute Gasteiger partial charge is 0.375 e. The second kappa shape index (κ2) is 5.38. The first kappa shape index (κ1) is 13.7. The molecule has 2 unspecified atom stereocenters. The Kier molecular flexibility index (Phi) is 3.52. The van der Waals surface area contributed by atoms with E-state index in [1.807, 2.05) is 0 Å². The van der Waals surface area contributed by atoms with Crippen molar-refractivity contribution in [3.63, 3.8) is 0 Å². The van der Waals surface area contributed by atoms with Gasteiger partial charge in [-0.25, -0.2) is 0 Å². The number of hydrogen-bond donors (Lipinski definition) is 1. The lowest BCUT2D eigenvalue weighted by atomic mass is 9.73. The van der Waals surface area contributed by atoms with Crippen LogP contribution < -0.4 is 5.73 Å². The highest BCUT2D eigenvalue weighted by atomic mass is 16.5. The molecule has 2 N–H and O–H groups in total. The Morgan fingerprint density at radius 1 is 1.29 bits per heavy atom. The Bertz CT molecular complexity index is 512. The predicted molar refractivity (Wildman–Crippen MR) is 84.2 cm³/mol. The fourth-order valence-electron chi connectivity index (χ4n) is 4.57. The molecule has 1 aromatic carbocycles. The van der Waals surface area contributed by atoms with Crippen molar-refractivity contribution in [1.29, 1.82) is 0 Å². The topological polar surface area (TPSA) is 38.5 Å². The van der Waals surface area contributed by atoms with Crippen LogP contribution >= 0.6 is 0 Å². The average molecular weight is 286 g/mol. The van der Waals surface area contributed by atoms with E-state index in [0.29, 0.717) is 12.1 Å². The van der Waals surface area contributed by atoms with E-state index < -0.39 is 0 Å². The molecule has 4 rings (SSSR count). The minimum atomic E-state index is 0.221. The zero-order valence-electron chi connectivity index (χ0n) is 12.8. The molecule has 2 atom stereocenters. The molecule has 2 heterocycles. The third-order valence-corrected chi connectivity index (χ3v) is 5.88. The molecule has 0 aromatic heterocycles. The molecule has 2 aliphatic heterocycles. The summed E-state index contributed by atoms with van der Waals surface area (Å²) >= 11 is 0. The summed E-state index contributed by atoms with van der Waals surface area (Å²) in [5.41, 5.74) is 9.33. The van der Waals surface area contributed by atoms with Gasteiger partial charge in [0.2, 0.25) is 0 Å². The van der Waals surface area contributed by atoms with E-state index in [4.69, 9.17) is 10.5 Å². The van der Waals surface area contributed by atoms with Crippen LogP contribution in [0.25, 0.3) is 0 Å². The van der Waals surface area contributed by atoms with E-state index in [2.05, 4.69) is 29.2 Å². The number of ether oxygens (including phenoxy) is 1. The minimum absolute atomic E-state index is 0.221. The highest BCUT2D eigenvalue weighted by Crippen LogP contribution is 2.45. The molecule has 1 aromatic rings. The van der Waals surface area contributed by atoms with Crippen molar-refractivity contribution in [2.24, 2.45) is 5.73 Å². The van der Waals surface area contributed by atoms with E-state index in [0.717, 1.165) is 26.1 Å². The van der Waals surface area contributed by atoms with Crippen molar-refractivity contribution >= 4 is 0 Å². The van der Waals surface area contributed by atoms with Crippen molar-refractivity contribution in [1.82, 2.24) is 4.90 Å². The zero-order valence-corrected chi connectivity index (χ0v) is 12.8. The van der Waals surface area contributed by atoms with Gasteiger partial charge in [-0.3, -0.25) is 4.90 Å². The zero-order chi connectivity index (χ0) is 14.3. The minimum Gasteiger partial charge on any atom is -0.375 e. The molecular formula is C18H26N2O. The smallest absolute Gasteiger partial charge is 0.0697 e. The lowest BCUT2D eigenvalue weighted by molar-refractivity contribution is -0.152. The van der Waals surface area contributed by atoms with E-state index in [1.54, 1.807) is 0 Å². The van der Waals surface area contributed by atoms with Crippen LogP contribution in [0.5, 0.6) is 0 Å². The van der Waals surface area contributed by atoms with Crippen LogP contribution in [0.1, 0.15) is 49.3 Å². The van der Waals surface area contributed by atoms with Crippen molar-refractivity contribution in [3.8, 4) is 0 Å². The van der Waals surface area contributed by atoms with Gasteiger partial charge in [-0.05, 0) is 49.7 Å². The number of benzene rings is 1. The van der Waals surface area contributed by atoms with Gasteiger partial charge in [0.15, 0.2) is 0 Å². The molecule has 114 valence electrons. The summed E-state index contributed by atoms with van der Waals surface area (Å²) in [6.45, 7) is 2.81. The van der Waals surface area contributed by atoms with Crippen molar-refractivity contribution in [2.45, 2.75) is 56.2 Å². The molecule has 21 heavy (non-hydrogen) atoms. The fourth-order valence-corrected chi connectivity index (χ4v) is 4.57. The molecule has 3 nitrogen and oxygen atoms in total. The maximum Gasteiger partial charge on any atom is 0.0697 e. The number of fused-ring (bicyclic) bond motifs is 1. The average Bonchev–Trinajstić information content (AvgIpc) is 2.52. The van der Waals surface area contributed by atoms with Crippen LogP contribution in [0, 0.1) is 0 Å². The maximum atomic E-state index is 6.16. The van der Waals surface area contributed by atoms with Crippen LogP contribution in [0.3, 0.4) is 0 Å². The molecule has 2 fully saturated rings. The van der Waals surface area contributed by atoms with Crippen LogP contribution in [0.4, 0.5) is 0 Å². The van der Waals surface area contributed by atoms with Gasteiger partial charge in [0.1, 0.15) is 0 Å². The Balaban J connectivity index is 1.57. The van der Waals surface area contributed by atoms with E-state index >= 15 is 0 Å². The third-order valence-electron chi connectivity index (χ3n) is 5.88. The van der Waals surface area contributed by atoms with Gasteiger partial charge in [0.05, 0.1) is 5.60 Å². The Labute approximate surface area is 127 Å². The molecule has 1 saturated heterocycles. The summed E-state index contributed by atoms with van der Waals surface area (Å²) in [5.74, 6) is 0. The first-order valence-electron chi connectivity index (χ1n) is 8.49. The Morgan fingerprint density at radius 3 is 2.90 bits per heavy atom. The third kappa shape index (κ3) is 2.32. The lowest BCUT2D eigenvalue weighted by Crippen LogP contribution is -2.54. The van der Waals surface area contributed by atoms with Gasteiger partial charge in [0.25, 0.3) is 0 Å². The summed E-state index contributed by atoms with van der Waals surface area (Å²) in [6, 6.07) is 9.91. The highest BCUT2D eigenvalue weighted by Gasteiger charge is 2.45. The molecule has 0 amide bonds. The van der Waals surface area contributed by atoms with Crippen LogP contribution in [-0.4, -0.2) is 36.2 Å². The lowest BCUT2D eigenvalue weighted by Gasteiger charge is -2.52. The summed E-state index contributed by atoms with van der Waals surface area (Å²) in [6.07, 6.45) is 7.42. The van der Waals surface area contributed by atoms with Crippen LogP contribution in [0.2, 0.25) is 0 Å². The molecule has 1 saturated carbocycles. The summed E-state index contributed by atoms with van der Waals surface area (Å²) in [4.78, 5) is 2.69. The van der Waals surface area contributed by atoms with E-state index in [-0.39, 0.29) is 5.60 Å². The molecule has 0 bridgehead atoms. The monoisotopic (exact) mass is 286 g/mol. The Morgan fingerprint density at radius 2 is 2.14 bits per heavy atom. The summed E-state index contributed by atoms with van der Waals surface area (Å²) in [7, 11) is 0. The second-order valence-corrected chi connectivity index (χ2v) is 6.97. The maximum absolute atomic E-state index is 6.16. The molecule has 3 aliphatic rings. The van der Waals surface area contributed by atoms with Gasteiger partial charge in [-0.2, -0.15) is 0 Å². The second-order valence-electron chi connectivity index (χ2n) is 6.97. The number of rotatable bonds is 2. The van der Waals surface area contributed by atoms with Crippen molar-refractivity contribution in [3.05, 3.63) is 35.4 Å². The number of nitrogens with two attached hydrogens (primary N) is 1. The van der Waals surface area contributed by atoms with Crippen LogP contribution in [-0.2, 0) is 11.2 Å². The van der Waals surface area contributed by atoms with E-state index in [9.17, 15) is 0 Å². The fraction of sp³-hybridized carbons (Fsp3) is 0.667. The highest BCUT2D eigenvalue weighted by molar-refractivity contribution is 5.33. The molecular weight excluding hydrogens is 260 g/mol. The van der Waals surface area contributed by atoms with Gasteiger partial charge >= 0.3 is 0 Å². The van der Waals surface area contributed by atoms with E-state index in [1.165, 1.54) is 43.2 Å². The summed E-state index contributed by atoms with van der Waals surface area (Å²) < 4.78 is 6.10. The summed E-state index contributed by atoms with van der Waals surface area (Å²) in [5, 5.41) is 0. The molecule has 1 spiro atoms. The molecule has 3 heteroatoms. The molecule has 0 radical (unpaired) electrons. The first-order valence-corrected chi connectivity index (χ1v) is 8.49. The number of nitrogens with zero attached hydrogens (tertiary/aromatic N) is 1. The predicted octanol–water partition coefficient (Wildman–Crippen LogP) is 2.65. The van der Waals surface area contributed by atoms with Crippen molar-refractivity contribution in [2.75, 3.05) is 19.7 Å². The number of hydrogen-bond acceptors (Lipinski definition) is 3. The standard InChI is InChI=1S/C18H26N2O/c19-13-17-16-5-2-1-4-14(16)6-10-20(17)15-7-11-21-18(12-15)8-3-9-18/h1-2,4-5,15,17H,3,6-13,19H2. The molecule has 1 aliphatic carbocycles. The quantitative estimate of drug-likeness (QED) is 0.908. The Hall–Kier alpha value is -0.900.